The van der Waals surface area contributed by atoms with Crippen molar-refractivity contribution in [3.8, 4) is 11.5 Å². The molecule has 1 aliphatic heterocycles. The smallest absolute Gasteiger partial charge is 0.426 e. The van der Waals surface area contributed by atoms with Crippen molar-refractivity contribution in [2.24, 2.45) is 5.92 Å². The first-order chi connectivity index (χ1) is 12.2. The summed E-state index contributed by atoms with van der Waals surface area (Å²) in [6, 6.07) is 8.58. The molecule has 1 fully saturated rings. The van der Waals surface area contributed by atoms with E-state index in [1.807, 2.05) is 0 Å². The van der Waals surface area contributed by atoms with E-state index in [1.54, 1.807) is 0 Å². The highest BCUT2D eigenvalue weighted by molar-refractivity contribution is 6.78. The molecular formula is C19H27F3O3Si. The molecule has 1 aromatic rings. The van der Waals surface area contributed by atoms with E-state index < -0.39 is 14.4 Å². The Hall–Kier alpha value is -1.50. The van der Waals surface area contributed by atoms with Crippen molar-refractivity contribution in [3.05, 3.63) is 24.3 Å². The summed E-state index contributed by atoms with van der Waals surface area (Å²) in [4.78, 5) is 12.3. The minimum atomic E-state index is -4.73. The molecule has 7 heteroatoms. The van der Waals surface area contributed by atoms with Gasteiger partial charge < -0.3 is 9.47 Å². The van der Waals surface area contributed by atoms with Crippen molar-refractivity contribution in [2.75, 3.05) is 0 Å². The molecule has 0 amide bonds. The first kappa shape index (κ1) is 20.8. The fourth-order valence-corrected chi connectivity index (χ4v) is 7.46. The van der Waals surface area contributed by atoms with Gasteiger partial charge in [0, 0.05) is 0 Å². The molecule has 0 spiro atoms. The van der Waals surface area contributed by atoms with Crippen LogP contribution >= 0.6 is 0 Å². The minimum Gasteiger partial charge on any atom is -0.426 e. The Labute approximate surface area is 153 Å². The van der Waals surface area contributed by atoms with Crippen molar-refractivity contribution < 1.29 is 27.4 Å². The number of unbranched alkanes of at least 4 members (excludes halogenated alkanes) is 2. The second-order valence-electron chi connectivity index (χ2n) is 7.48. The second-order valence-corrected chi connectivity index (χ2v) is 12.6. The molecule has 1 aliphatic rings. The monoisotopic (exact) mass is 388 g/mol. The highest BCUT2D eigenvalue weighted by atomic mass is 28.3. The fraction of sp³-hybridized carbons (Fsp3) is 0.632. The molecule has 0 aromatic heterocycles. The van der Waals surface area contributed by atoms with Gasteiger partial charge in [-0.25, -0.2) is 0 Å². The Morgan fingerprint density at radius 3 is 2.23 bits per heavy atom. The number of ether oxygens (including phenoxy) is 2. The average Bonchev–Trinajstić information content (AvgIpc) is 2.56. The van der Waals surface area contributed by atoms with Crippen LogP contribution in [0.2, 0.25) is 24.7 Å². The van der Waals surface area contributed by atoms with Crippen LogP contribution in [0.25, 0.3) is 0 Å². The van der Waals surface area contributed by atoms with Crippen LogP contribution in [0.5, 0.6) is 11.5 Å². The topological polar surface area (TPSA) is 35.5 Å². The van der Waals surface area contributed by atoms with Crippen LogP contribution in [0.3, 0.4) is 0 Å². The maximum absolute atomic E-state index is 12.3. The van der Waals surface area contributed by atoms with Crippen molar-refractivity contribution in [2.45, 2.75) is 70.1 Å². The number of hydrogen-bond acceptors (Lipinski definition) is 3. The molecular weight excluding hydrogens is 361 g/mol. The first-order valence-electron chi connectivity index (χ1n) is 9.28. The van der Waals surface area contributed by atoms with Gasteiger partial charge in [-0.1, -0.05) is 50.9 Å². The summed E-state index contributed by atoms with van der Waals surface area (Å²) in [6.45, 7) is 4.64. The van der Waals surface area contributed by atoms with Crippen LogP contribution < -0.4 is 9.47 Å². The largest absolute Gasteiger partial charge is 0.573 e. The molecule has 146 valence electrons. The zero-order valence-electron chi connectivity index (χ0n) is 15.4. The number of alkyl halides is 3. The number of benzene rings is 1. The zero-order chi connectivity index (χ0) is 19.2. The number of halogens is 3. The number of hydrogen-bond donors (Lipinski definition) is 0. The molecule has 1 saturated heterocycles. The Balaban J connectivity index is 1.82. The highest BCUT2D eigenvalue weighted by Gasteiger charge is 2.36. The van der Waals surface area contributed by atoms with Gasteiger partial charge in [0.1, 0.15) is 11.5 Å². The Bertz CT molecular complexity index is 579. The van der Waals surface area contributed by atoms with E-state index in [2.05, 4.69) is 18.2 Å². The number of carbonyl (C=O) groups excluding carboxylic acids is 1. The molecule has 0 radical (unpaired) electrons. The van der Waals surface area contributed by atoms with E-state index in [0.29, 0.717) is 0 Å². The van der Waals surface area contributed by atoms with Crippen LogP contribution in [0.15, 0.2) is 24.3 Å². The predicted molar refractivity (Wildman–Crippen MR) is 97.0 cm³/mol. The van der Waals surface area contributed by atoms with E-state index in [-0.39, 0.29) is 23.4 Å². The highest BCUT2D eigenvalue weighted by Crippen LogP contribution is 2.37. The molecule has 2 rings (SSSR count). The van der Waals surface area contributed by atoms with Gasteiger partial charge in [-0.2, -0.15) is 0 Å². The van der Waals surface area contributed by atoms with E-state index >= 15 is 0 Å². The summed E-state index contributed by atoms with van der Waals surface area (Å²) >= 11 is 0. The molecule has 1 aromatic carbocycles. The number of carbonyl (C=O) groups is 1. The van der Waals surface area contributed by atoms with Gasteiger partial charge in [0.25, 0.3) is 0 Å². The van der Waals surface area contributed by atoms with Crippen LogP contribution in [-0.2, 0) is 4.79 Å². The first-order valence-corrected chi connectivity index (χ1v) is 12.4. The molecule has 0 N–H and O–H groups in total. The van der Waals surface area contributed by atoms with Crippen molar-refractivity contribution in [1.82, 2.24) is 0 Å². The molecule has 26 heavy (non-hydrogen) atoms. The van der Waals surface area contributed by atoms with E-state index in [9.17, 15) is 18.0 Å². The molecule has 1 heterocycles. The van der Waals surface area contributed by atoms with Gasteiger partial charge >= 0.3 is 12.3 Å². The second kappa shape index (κ2) is 8.93. The maximum Gasteiger partial charge on any atom is 0.573 e. The summed E-state index contributed by atoms with van der Waals surface area (Å²) in [5, 5.41) is 0. The molecule has 0 atom stereocenters. The summed E-state index contributed by atoms with van der Waals surface area (Å²) in [6.07, 6.45) is 0.800. The zero-order valence-corrected chi connectivity index (χ0v) is 16.4. The van der Waals surface area contributed by atoms with Gasteiger partial charge in [-0.3, -0.25) is 4.79 Å². The molecule has 0 unspecified atom stereocenters. The summed E-state index contributed by atoms with van der Waals surface area (Å²) < 4.78 is 45.6. The standard InChI is InChI=1S/C19H27F3O3Si/c1-3-4-5-12-26(2)13-10-15(11-14-26)18(23)24-16-6-8-17(9-7-16)25-19(20,21)22/h6-9,15H,3-5,10-14H2,1-2H3/t15-,26-. The van der Waals surface area contributed by atoms with Crippen LogP contribution in [-0.4, -0.2) is 20.4 Å². The Morgan fingerprint density at radius 2 is 1.69 bits per heavy atom. The van der Waals surface area contributed by atoms with Crippen LogP contribution in [0, 0.1) is 5.92 Å². The summed E-state index contributed by atoms with van der Waals surface area (Å²) in [7, 11) is -1.21. The van der Waals surface area contributed by atoms with Gasteiger partial charge in [-0.15, -0.1) is 13.2 Å². The molecule has 3 nitrogen and oxygen atoms in total. The predicted octanol–water partition coefficient (Wildman–Crippen LogP) is 6.17. The lowest BCUT2D eigenvalue weighted by molar-refractivity contribution is -0.274. The van der Waals surface area contributed by atoms with Crippen LogP contribution in [0.1, 0.15) is 39.0 Å². The minimum absolute atomic E-state index is 0.104. The third-order valence-corrected chi connectivity index (χ3v) is 9.74. The molecule has 0 saturated carbocycles. The quantitative estimate of drug-likeness (QED) is 0.242. The van der Waals surface area contributed by atoms with Gasteiger partial charge in [0.05, 0.1) is 14.0 Å². The van der Waals surface area contributed by atoms with Crippen molar-refractivity contribution >= 4 is 14.0 Å². The lowest BCUT2D eigenvalue weighted by Gasteiger charge is -2.35. The summed E-state index contributed by atoms with van der Waals surface area (Å²) in [5.41, 5.74) is 0. The lowest BCUT2D eigenvalue weighted by atomic mass is 10.0. The van der Waals surface area contributed by atoms with Crippen molar-refractivity contribution in [1.29, 1.82) is 0 Å². The normalized spacial score (nSPS) is 23.5. The van der Waals surface area contributed by atoms with E-state index in [1.165, 1.54) is 37.4 Å². The fourth-order valence-electron chi connectivity index (χ4n) is 3.51. The van der Waals surface area contributed by atoms with E-state index in [0.717, 1.165) is 37.1 Å². The number of rotatable bonds is 7. The van der Waals surface area contributed by atoms with E-state index in [4.69, 9.17) is 4.74 Å². The van der Waals surface area contributed by atoms with Crippen molar-refractivity contribution in [3.63, 3.8) is 0 Å². The number of esters is 1. The maximum atomic E-state index is 12.3. The molecule has 0 aliphatic carbocycles. The lowest BCUT2D eigenvalue weighted by Crippen LogP contribution is -2.37. The van der Waals surface area contributed by atoms with Gasteiger partial charge in [-0.05, 0) is 37.1 Å². The SMILES string of the molecule is CCCCC[Si@]1(C)CC[C@@H](C(=O)Oc2ccc(OC(F)(F)F)cc2)CC1. The summed E-state index contributed by atoms with van der Waals surface area (Å²) in [5.74, 6) is -0.464. The molecule has 0 bridgehead atoms. The van der Waals surface area contributed by atoms with Gasteiger partial charge in [0.2, 0.25) is 0 Å². The third kappa shape index (κ3) is 6.66. The third-order valence-electron chi connectivity index (χ3n) is 5.19. The average molecular weight is 389 g/mol. The van der Waals surface area contributed by atoms with Crippen LogP contribution in [0.4, 0.5) is 13.2 Å². The van der Waals surface area contributed by atoms with Gasteiger partial charge in [0.15, 0.2) is 0 Å². The Morgan fingerprint density at radius 1 is 1.12 bits per heavy atom. The Kier molecular flexibility index (Phi) is 7.14.